The summed E-state index contributed by atoms with van der Waals surface area (Å²) in [5.41, 5.74) is 0.504. The maximum absolute atomic E-state index is 11.3. The molecular formula is C14H19ClO3. The highest BCUT2D eigenvalue weighted by Gasteiger charge is 2.06. The van der Waals surface area contributed by atoms with E-state index < -0.39 is 0 Å². The van der Waals surface area contributed by atoms with Crippen LogP contribution >= 0.6 is 11.6 Å². The third kappa shape index (κ3) is 4.96. The molecular weight excluding hydrogens is 252 g/mol. The Hall–Kier alpha value is -1.22. The molecule has 18 heavy (non-hydrogen) atoms. The number of alkyl halides is 1. The Bertz CT molecular complexity index is 379. The number of methoxy groups -OCH3 is 1. The van der Waals surface area contributed by atoms with Crippen LogP contribution in [0.2, 0.25) is 0 Å². The molecule has 1 atom stereocenters. The van der Waals surface area contributed by atoms with Gasteiger partial charge in [0.2, 0.25) is 0 Å². The van der Waals surface area contributed by atoms with Gasteiger partial charge in [0.05, 0.1) is 19.3 Å². The lowest BCUT2D eigenvalue weighted by molar-refractivity contribution is 0.0600. The first-order valence-corrected chi connectivity index (χ1v) is 6.58. The molecule has 4 heteroatoms. The molecule has 1 aromatic carbocycles. The SMILES string of the molecule is COC(=O)c1cccc(OCCC(C)CCCl)c1. The van der Waals surface area contributed by atoms with Crippen LogP contribution in [0.15, 0.2) is 24.3 Å². The molecule has 0 saturated carbocycles. The van der Waals surface area contributed by atoms with Crippen LogP contribution in [0.4, 0.5) is 0 Å². The molecule has 0 saturated heterocycles. The van der Waals surface area contributed by atoms with Crippen molar-refractivity contribution in [2.45, 2.75) is 19.8 Å². The molecule has 0 aliphatic heterocycles. The summed E-state index contributed by atoms with van der Waals surface area (Å²) in [7, 11) is 1.36. The molecule has 0 aliphatic carbocycles. The second-order valence-electron chi connectivity index (χ2n) is 4.24. The molecule has 1 unspecified atom stereocenters. The maximum Gasteiger partial charge on any atom is 0.337 e. The summed E-state index contributed by atoms with van der Waals surface area (Å²) in [6.07, 6.45) is 1.95. The molecule has 0 radical (unpaired) electrons. The minimum Gasteiger partial charge on any atom is -0.494 e. The third-order valence-corrected chi connectivity index (χ3v) is 2.95. The summed E-state index contributed by atoms with van der Waals surface area (Å²) in [6, 6.07) is 7.01. The molecule has 0 spiro atoms. The molecule has 100 valence electrons. The van der Waals surface area contributed by atoms with Crippen LogP contribution in [-0.2, 0) is 4.74 Å². The smallest absolute Gasteiger partial charge is 0.337 e. The number of hydrogen-bond acceptors (Lipinski definition) is 3. The van der Waals surface area contributed by atoms with Gasteiger partial charge >= 0.3 is 5.97 Å². The van der Waals surface area contributed by atoms with Gasteiger partial charge in [-0.05, 0) is 37.0 Å². The quantitative estimate of drug-likeness (QED) is 0.562. The second-order valence-corrected chi connectivity index (χ2v) is 4.62. The average molecular weight is 271 g/mol. The highest BCUT2D eigenvalue weighted by molar-refractivity contribution is 6.17. The van der Waals surface area contributed by atoms with E-state index in [1.807, 2.05) is 6.07 Å². The fraction of sp³-hybridized carbons (Fsp3) is 0.500. The van der Waals surface area contributed by atoms with Crippen LogP contribution in [0.25, 0.3) is 0 Å². The van der Waals surface area contributed by atoms with Gasteiger partial charge in [-0.3, -0.25) is 0 Å². The zero-order chi connectivity index (χ0) is 13.4. The largest absolute Gasteiger partial charge is 0.494 e. The highest BCUT2D eigenvalue weighted by atomic mass is 35.5. The third-order valence-electron chi connectivity index (χ3n) is 2.74. The van der Waals surface area contributed by atoms with Crippen molar-refractivity contribution < 1.29 is 14.3 Å². The van der Waals surface area contributed by atoms with Crippen molar-refractivity contribution in [1.29, 1.82) is 0 Å². The van der Waals surface area contributed by atoms with Gasteiger partial charge in [-0.1, -0.05) is 13.0 Å². The second kappa shape index (κ2) is 7.98. The van der Waals surface area contributed by atoms with E-state index in [9.17, 15) is 4.79 Å². The van der Waals surface area contributed by atoms with E-state index in [0.29, 0.717) is 29.7 Å². The number of carbonyl (C=O) groups is 1. The van der Waals surface area contributed by atoms with Gasteiger partial charge in [-0.15, -0.1) is 11.6 Å². The molecule has 0 aliphatic rings. The topological polar surface area (TPSA) is 35.5 Å². The first-order valence-electron chi connectivity index (χ1n) is 6.04. The Labute approximate surface area is 113 Å². The number of carbonyl (C=O) groups excluding carboxylic acids is 1. The lowest BCUT2D eigenvalue weighted by Crippen LogP contribution is -2.06. The monoisotopic (exact) mass is 270 g/mol. The lowest BCUT2D eigenvalue weighted by atomic mass is 10.1. The van der Waals surface area contributed by atoms with Crippen molar-refractivity contribution in [3.05, 3.63) is 29.8 Å². The number of hydrogen-bond donors (Lipinski definition) is 0. The van der Waals surface area contributed by atoms with Gasteiger partial charge in [-0.25, -0.2) is 4.79 Å². The number of halogens is 1. The molecule has 0 amide bonds. The zero-order valence-electron chi connectivity index (χ0n) is 10.8. The molecule has 3 nitrogen and oxygen atoms in total. The number of esters is 1. The van der Waals surface area contributed by atoms with Crippen LogP contribution in [0.5, 0.6) is 5.75 Å². The molecule has 1 aromatic rings. The van der Waals surface area contributed by atoms with E-state index in [1.54, 1.807) is 18.2 Å². The van der Waals surface area contributed by atoms with E-state index in [-0.39, 0.29) is 5.97 Å². The fourth-order valence-corrected chi connectivity index (χ4v) is 1.91. The van der Waals surface area contributed by atoms with Crippen LogP contribution in [0.3, 0.4) is 0 Å². The summed E-state index contributed by atoms with van der Waals surface area (Å²) < 4.78 is 10.3. The highest BCUT2D eigenvalue weighted by Crippen LogP contribution is 2.16. The van der Waals surface area contributed by atoms with Gasteiger partial charge in [0.1, 0.15) is 5.75 Å². The summed E-state index contributed by atoms with van der Waals surface area (Å²) >= 11 is 5.67. The number of ether oxygens (including phenoxy) is 2. The van der Waals surface area contributed by atoms with Gasteiger partial charge in [0, 0.05) is 5.88 Å². The first-order chi connectivity index (χ1) is 8.67. The summed E-state index contributed by atoms with van der Waals surface area (Å²) in [4.78, 5) is 11.3. The number of rotatable bonds is 7. The van der Waals surface area contributed by atoms with Crippen molar-refractivity contribution in [1.82, 2.24) is 0 Å². The van der Waals surface area contributed by atoms with E-state index in [4.69, 9.17) is 16.3 Å². The Kier molecular flexibility index (Phi) is 6.58. The summed E-state index contributed by atoms with van der Waals surface area (Å²) in [5.74, 6) is 1.57. The fourth-order valence-electron chi connectivity index (χ4n) is 1.54. The molecule has 1 rings (SSSR count). The minimum atomic E-state index is -0.351. The van der Waals surface area contributed by atoms with Crippen molar-refractivity contribution in [2.24, 2.45) is 5.92 Å². The number of benzene rings is 1. The molecule has 0 fully saturated rings. The predicted octanol–water partition coefficient (Wildman–Crippen LogP) is 3.51. The van der Waals surface area contributed by atoms with Crippen LogP contribution in [-0.4, -0.2) is 25.6 Å². The molecule has 0 bridgehead atoms. The first kappa shape index (κ1) is 14.8. The van der Waals surface area contributed by atoms with E-state index >= 15 is 0 Å². The predicted molar refractivity (Wildman–Crippen MR) is 72.4 cm³/mol. The van der Waals surface area contributed by atoms with E-state index in [2.05, 4.69) is 11.7 Å². The van der Waals surface area contributed by atoms with Crippen molar-refractivity contribution in [2.75, 3.05) is 19.6 Å². The van der Waals surface area contributed by atoms with Gasteiger partial charge in [0.25, 0.3) is 0 Å². The van der Waals surface area contributed by atoms with Crippen LogP contribution in [0, 0.1) is 5.92 Å². The average Bonchev–Trinajstić information content (AvgIpc) is 2.38. The normalized spacial score (nSPS) is 11.9. The van der Waals surface area contributed by atoms with E-state index in [1.165, 1.54) is 7.11 Å². The van der Waals surface area contributed by atoms with Crippen LogP contribution < -0.4 is 4.74 Å². The Morgan fingerprint density at radius 3 is 2.83 bits per heavy atom. The molecule has 0 heterocycles. The van der Waals surface area contributed by atoms with Gasteiger partial charge in [-0.2, -0.15) is 0 Å². The molecule has 0 N–H and O–H groups in total. The Balaban J connectivity index is 2.45. The summed E-state index contributed by atoms with van der Waals surface area (Å²) in [6.45, 7) is 2.78. The summed E-state index contributed by atoms with van der Waals surface area (Å²) in [5, 5.41) is 0. The Morgan fingerprint density at radius 2 is 2.17 bits per heavy atom. The van der Waals surface area contributed by atoms with Gasteiger partial charge < -0.3 is 9.47 Å². The van der Waals surface area contributed by atoms with Crippen LogP contribution in [0.1, 0.15) is 30.1 Å². The molecule has 0 aromatic heterocycles. The van der Waals surface area contributed by atoms with Gasteiger partial charge in [0.15, 0.2) is 0 Å². The maximum atomic E-state index is 11.3. The Morgan fingerprint density at radius 1 is 1.39 bits per heavy atom. The van der Waals surface area contributed by atoms with Crippen molar-refractivity contribution >= 4 is 17.6 Å². The minimum absolute atomic E-state index is 0.351. The van der Waals surface area contributed by atoms with E-state index in [0.717, 1.165) is 12.8 Å². The van der Waals surface area contributed by atoms with Crippen molar-refractivity contribution in [3.8, 4) is 5.75 Å². The standard InChI is InChI=1S/C14H19ClO3/c1-11(6-8-15)7-9-18-13-5-3-4-12(10-13)14(16)17-2/h3-5,10-11H,6-9H2,1-2H3. The zero-order valence-corrected chi connectivity index (χ0v) is 11.6. The van der Waals surface area contributed by atoms with Crippen molar-refractivity contribution in [3.63, 3.8) is 0 Å². The lowest BCUT2D eigenvalue weighted by Gasteiger charge is -2.11.